The van der Waals surface area contributed by atoms with Crippen LogP contribution in [0.2, 0.25) is 0 Å². The Hall–Kier alpha value is -6.20. The summed E-state index contributed by atoms with van der Waals surface area (Å²) in [6.45, 7) is 0. The minimum absolute atomic E-state index is 0.0514. The van der Waals surface area contributed by atoms with E-state index in [2.05, 4.69) is 73.5 Å². The Balaban J connectivity index is 0.000000135. The first-order valence-corrected chi connectivity index (χ1v) is 16.6. The summed E-state index contributed by atoms with van der Waals surface area (Å²) in [6, 6.07) is 16.7. The van der Waals surface area contributed by atoms with Gasteiger partial charge in [-0.3, -0.25) is 10.2 Å². The van der Waals surface area contributed by atoms with Gasteiger partial charge in [0.2, 0.25) is 0 Å². The molecule has 10 heterocycles. The van der Waals surface area contributed by atoms with Gasteiger partial charge in [-0.2, -0.15) is 0 Å². The molecule has 50 heavy (non-hydrogen) atoms. The minimum atomic E-state index is -0.0514. The van der Waals surface area contributed by atoms with E-state index in [1.54, 1.807) is 24.3 Å². The second-order valence-corrected chi connectivity index (χ2v) is 12.7. The van der Waals surface area contributed by atoms with Crippen molar-refractivity contribution in [1.82, 2.24) is 25.0 Å². The highest BCUT2D eigenvalue weighted by molar-refractivity contribution is 6.11. The lowest BCUT2D eigenvalue weighted by atomic mass is 10.2. The fourth-order valence-corrected chi connectivity index (χ4v) is 6.61. The van der Waals surface area contributed by atoms with Crippen LogP contribution < -0.4 is 5.06 Å². The molecular weight excluding hydrogens is 624 g/mol. The standard InChI is InChI=1S/C20H16N4O2.C20H16N4/c25-23-17-5-7-19(23)12-20-8-6-18(24(20)26)11-16-4-2-14(22-16)9-13-1-3-15(10-17)21-13;1-2-14-10-16-5-6-18(23-16)12-20-8-7-19(24-20)11-17-4-3-15(22-17)9-13(1)21-14/h1-5,7,9-12,23,26H,6,8H2;1-6,9-12,22-23H,7-8H2. The van der Waals surface area contributed by atoms with Gasteiger partial charge in [0.25, 0.3) is 0 Å². The molecule has 0 spiro atoms. The summed E-state index contributed by atoms with van der Waals surface area (Å²) in [5.74, 6) is 0. The van der Waals surface area contributed by atoms with Gasteiger partial charge in [-0.05, 0) is 123 Å². The summed E-state index contributed by atoms with van der Waals surface area (Å²) in [5.41, 5.74) is 14.2. The van der Waals surface area contributed by atoms with E-state index in [1.807, 2.05) is 48.6 Å². The monoisotopic (exact) mass is 656 g/mol. The van der Waals surface area contributed by atoms with Crippen LogP contribution >= 0.6 is 0 Å². The molecule has 7 aliphatic heterocycles. The van der Waals surface area contributed by atoms with Crippen LogP contribution in [0.5, 0.6) is 0 Å². The number of hydrogen-bond donors (Lipinski definition) is 4. The van der Waals surface area contributed by atoms with Gasteiger partial charge in [-0.25, -0.2) is 20.0 Å². The molecule has 3 aromatic rings. The number of nitrogens with one attached hydrogen (secondary N) is 3. The zero-order valence-corrected chi connectivity index (χ0v) is 27.0. The van der Waals surface area contributed by atoms with E-state index in [0.717, 1.165) is 86.2 Å². The molecule has 1 unspecified atom stereocenters. The smallest absolute Gasteiger partial charge is 0.138 e. The summed E-state index contributed by atoms with van der Waals surface area (Å²) in [7, 11) is 0. The average molecular weight is 657 g/mol. The fraction of sp³-hybridized carbons (Fsp3) is 0.100. The lowest BCUT2D eigenvalue weighted by molar-refractivity contribution is -0.752. The van der Waals surface area contributed by atoms with E-state index in [9.17, 15) is 10.4 Å². The van der Waals surface area contributed by atoms with Crippen molar-refractivity contribution in [3.05, 3.63) is 171 Å². The minimum Gasteiger partial charge on any atom is -0.623 e. The van der Waals surface area contributed by atoms with Crippen molar-refractivity contribution in [2.75, 3.05) is 0 Å². The van der Waals surface area contributed by atoms with Gasteiger partial charge in [-0.1, -0.05) is 0 Å². The maximum atomic E-state index is 12.6. The van der Waals surface area contributed by atoms with Crippen LogP contribution in [0, 0.1) is 5.21 Å². The summed E-state index contributed by atoms with van der Waals surface area (Å²) in [5, 5.41) is 24.2. The number of aliphatic imine (C=N–C) groups is 2. The number of aromatic nitrogens is 4. The maximum Gasteiger partial charge on any atom is 0.138 e. The summed E-state index contributed by atoms with van der Waals surface area (Å²) in [4.78, 5) is 25.3. The molecule has 3 aromatic heterocycles. The zero-order chi connectivity index (χ0) is 33.6. The number of aromatic amines is 2. The van der Waals surface area contributed by atoms with Crippen molar-refractivity contribution < 1.29 is 10.3 Å². The number of H-pyrrole nitrogens is 2. The Bertz CT molecular complexity index is 2390. The molecule has 1 saturated heterocycles. The second-order valence-electron chi connectivity index (χ2n) is 12.7. The molecule has 0 aliphatic carbocycles. The summed E-state index contributed by atoms with van der Waals surface area (Å²) < 4.78 is 0. The Morgan fingerprint density at radius 1 is 0.580 bits per heavy atom. The van der Waals surface area contributed by atoms with Crippen LogP contribution in [-0.4, -0.2) is 41.6 Å². The molecule has 10 heteroatoms. The third-order valence-electron chi connectivity index (χ3n) is 9.07. The van der Waals surface area contributed by atoms with E-state index < -0.39 is 0 Å². The molecular formula is C40H32N8O2. The molecule has 0 amide bonds. The number of quaternary nitrogens is 1. The van der Waals surface area contributed by atoms with Crippen LogP contribution in [0.15, 0.2) is 153 Å². The summed E-state index contributed by atoms with van der Waals surface area (Å²) in [6.07, 6.45) is 26.0. The lowest BCUT2D eigenvalue weighted by Crippen LogP contribution is -3.01. The first-order valence-electron chi connectivity index (χ1n) is 16.6. The SMILES string of the molecule is C1=Cc2cc3ccc(cc4nc(cc5ccc(cc1n2)[nH]5)CC4)[nH]3.[O-][NH+]1C2=CC=C1C=C1CCC(=CC3=NC(=CC4=NC(=C2)C=C4)C=C3)N1O. The van der Waals surface area contributed by atoms with E-state index in [0.29, 0.717) is 29.9 Å². The van der Waals surface area contributed by atoms with Gasteiger partial charge >= 0.3 is 0 Å². The first-order chi connectivity index (χ1) is 24.5. The van der Waals surface area contributed by atoms with Gasteiger partial charge in [0.05, 0.1) is 39.9 Å². The van der Waals surface area contributed by atoms with Crippen LogP contribution in [0.25, 0.3) is 34.2 Å². The number of hydrogen-bond acceptors (Lipinski definition) is 7. The molecule has 7 aliphatic rings. The van der Waals surface area contributed by atoms with Gasteiger partial charge in [0.15, 0.2) is 0 Å². The molecule has 4 N–H and O–H groups in total. The molecule has 0 radical (unpaired) electrons. The Morgan fingerprint density at radius 3 is 1.72 bits per heavy atom. The number of hydroxylamine groups is 4. The van der Waals surface area contributed by atoms with E-state index in [4.69, 9.17) is 4.98 Å². The molecule has 0 saturated carbocycles. The number of nitrogens with zero attached hydrogens (tertiary/aromatic N) is 5. The number of fused-ring (bicyclic) bond motifs is 14. The van der Waals surface area contributed by atoms with Gasteiger partial charge < -0.3 is 20.2 Å². The first kappa shape index (κ1) is 29.9. The van der Waals surface area contributed by atoms with E-state index >= 15 is 0 Å². The maximum absolute atomic E-state index is 12.6. The van der Waals surface area contributed by atoms with Crippen molar-refractivity contribution >= 4 is 45.6 Å². The van der Waals surface area contributed by atoms with Crippen molar-refractivity contribution in [2.45, 2.75) is 25.7 Å². The predicted molar refractivity (Wildman–Crippen MR) is 196 cm³/mol. The molecule has 16 bridgehead atoms. The van der Waals surface area contributed by atoms with E-state index in [1.165, 1.54) is 5.06 Å². The molecule has 1 fully saturated rings. The third-order valence-corrected chi connectivity index (χ3v) is 9.07. The molecule has 0 aromatic carbocycles. The van der Waals surface area contributed by atoms with Crippen LogP contribution in [0.3, 0.4) is 0 Å². The largest absolute Gasteiger partial charge is 0.623 e. The van der Waals surface area contributed by atoms with Gasteiger partial charge in [0.1, 0.15) is 11.4 Å². The fourth-order valence-electron chi connectivity index (χ4n) is 6.61. The second kappa shape index (κ2) is 12.4. The molecule has 1 atom stereocenters. The molecule has 10 rings (SSSR count). The van der Waals surface area contributed by atoms with E-state index in [-0.39, 0.29) is 5.06 Å². The highest BCUT2D eigenvalue weighted by atomic mass is 16.5. The number of allylic oxidation sites excluding steroid dienone is 12. The Labute approximate surface area is 287 Å². The van der Waals surface area contributed by atoms with Crippen molar-refractivity contribution in [1.29, 1.82) is 0 Å². The van der Waals surface area contributed by atoms with Crippen molar-refractivity contribution in [3.8, 4) is 0 Å². The third kappa shape index (κ3) is 6.22. The number of aryl methyl sites for hydroxylation is 2. The topological polar surface area (TPSA) is 133 Å². The predicted octanol–water partition coefficient (Wildman–Crippen LogP) is 6.48. The van der Waals surface area contributed by atoms with Crippen LogP contribution in [0.4, 0.5) is 0 Å². The highest BCUT2D eigenvalue weighted by Gasteiger charge is 2.25. The Morgan fingerprint density at radius 2 is 1.10 bits per heavy atom. The summed E-state index contributed by atoms with van der Waals surface area (Å²) >= 11 is 0. The van der Waals surface area contributed by atoms with Gasteiger partial charge in [-0.15, -0.1) is 0 Å². The van der Waals surface area contributed by atoms with Crippen molar-refractivity contribution in [2.24, 2.45) is 9.98 Å². The van der Waals surface area contributed by atoms with Gasteiger partial charge in [0, 0.05) is 63.5 Å². The normalized spacial score (nSPS) is 20.0. The van der Waals surface area contributed by atoms with Crippen LogP contribution in [0.1, 0.15) is 35.6 Å². The zero-order valence-electron chi connectivity index (χ0n) is 27.0. The molecule has 10 nitrogen and oxygen atoms in total. The van der Waals surface area contributed by atoms with Crippen molar-refractivity contribution in [3.63, 3.8) is 0 Å². The Kier molecular flexibility index (Phi) is 7.39. The lowest BCUT2D eigenvalue weighted by Gasteiger charge is -2.20. The number of rotatable bonds is 0. The molecule has 244 valence electrons. The average Bonchev–Trinajstić information content (AvgIpc) is 3.94. The quantitative estimate of drug-likeness (QED) is 0.161. The van der Waals surface area contributed by atoms with Crippen LogP contribution in [-0.2, 0) is 12.8 Å². The highest BCUT2D eigenvalue weighted by Crippen LogP contribution is 2.30.